The number of amides is 4. The first-order chi connectivity index (χ1) is 9.86. The first kappa shape index (κ1) is 14.6. The van der Waals surface area contributed by atoms with Crippen molar-refractivity contribution < 1.29 is 19.5 Å². The second-order valence-electron chi connectivity index (χ2n) is 4.83. The van der Waals surface area contributed by atoms with E-state index in [1.165, 1.54) is 6.07 Å². The van der Waals surface area contributed by atoms with Crippen molar-refractivity contribution in [2.45, 2.75) is 19.4 Å². The lowest BCUT2D eigenvalue weighted by atomic mass is 10.0. The van der Waals surface area contributed by atoms with Crippen LogP contribution in [0.4, 0.5) is 10.5 Å². The Morgan fingerprint density at radius 1 is 1.43 bits per heavy atom. The quantitative estimate of drug-likeness (QED) is 0.504. The lowest BCUT2D eigenvalue weighted by molar-refractivity contribution is -0.121. The molecule has 0 aromatic heterocycles. The zero-order valence-electron chi connectivity index (χ0n) is 11.4. The molecule has 1 unspecified atom stereocenters. The summed E-state index contributed by atoms with van der Waals surface area (Å²) in [6.45, 7) is 1.49. The number of fused-ring (bicyclic) bond motifs is 1. The van der Waals surface area contributed by atoms with Gasteiger partial charge in [0.15, 0.2) is 0 Å². The standard InChI is InChI=1S/C13H16N4O4/c1-6-2-7(18)3-9-8(6)4-10(16-9)12(20)17-13(21)15-5-11(14)19/h2-3,10,16,18H,4-5H2,1H3,(H2,14,19)(H2,15,17,20,21). The van der Waals surface area contributed by atoms with E-state index in [1.54, 1.807) is 6.07 Å². The highest BCUT2D eigenvalue weighted by Crippen LogP contribution is 2.32. The van der Waals surface area contributed by atoms with Crippen molar-refractivity contribution in [1.82, 2.24) is 10.6 Å². The molecule has 2 rings (SSSR count). The highest BCUT2D eigenvalue weighted by molar-refractivity contribution is 6.00. The number of phenolic OH excluding ortho intramolecular Hbond substituents is 1. The van der Waals surface area contributed by atoms with Crippen molar-refractivity contribution in [3.05, 3.63) is 23.3 Å². The Balaban J connectivity index is 1.96. The lowest BCUT2D eigenvalue weighted by Gasteiger charge is -2.11. The molecule has 1 heterocycles. The lowest BCUT2D eigenvalue weighted by Crippen LogP contribution is -2.47. The number of carbonyl (C=O) groups excluding carboxylic acids is 3. The molecule has 1 aromatic rings. The van der Waals surface area contributed by atoms with Crippen molar-refractivity contribution in [2.75, 3.05) is 11.9 Å². The van der Waals surface area contributed by atoms with Crippen molar-refractivity contribution in [3.63, 3.8) is 0 Å². The number of carbonyl (C=O) groups is 3. The van der Waals surface area contributed by atoms with Crippen LogP contribution >= 0.6 is 0 Å². The number of nitrogens with one attached hydrogen (secondary N) is 3. The Labute approximate surface area is 120 Å². The van der Waals surface area contributed by atoms with Crippen LogP contribution in [0.25, 0.3) is 0 Å². The number of aromatic hydroxyl groups is 1. The number of anilines is 1. The van der Waals surface area contributed by atoms with E-state index in [1.807, 2.05) is 6.92 Å². The number of hydrogen-bond acceptors (Lipinski definition) is 5. The van der Waals surface area contributed by atoms with Gasteiger partial charge in [-0.2, -0.15) is 0 Å². The molecule has 0 spiro atoms. The van der Waals surface area contributed by atoms with E-state index in [0.29, 0.717) is 12.1 Å². The molecule has 8 heteroatoms. The van der Waals surface area contributed by atoms with Crippen LogP contribution in [0, 0.1) is 6.92 Å². The topological polar surface area (TPSA) is 134 Å². The monoisotopic (exact) mass is 292 g/mol. The van der Waals surface area contributed by atoms with Crippen LogP contribution in [0.15, 0.2) is 12.1 Å². The van der Waals surface area contributed by atoms with Crippen LogP contribution < -0.4 is 21.7 Å². The molecule has 8 nitrogen and oxygen atoms in total. The predicted octanol–water partition coefficient (Wildman–Crippen LogP) is -0.652. The molecular formula is C13H16N4O4. The SMILES string of the molecule is Cc1cc(O)cc2c1CC(C(=O)NC(=O)NCC(N)=O)N2. The molecule has 6 N–H and O–H groups in total. The molecule has 1 aliphatic rings. The molecule has 0 saturated heterocycles. The van der Waals surface area contributed by atoms with Crippen LogP contribution in [0.1, 0.15) is 11.1 Å². The first-order valence-corrected chi connectivity index (χ1v) is 6.33. The molecule has 1 atom stereocenters. The minimum atomic E-state index is -0.781. The predicted molar refractivity (Wildman–Crippen MR) is 74.7 cm³/mol. The van der Waals surface area contributed by atoms with Crippen molar-refractivity contribution in [1.29, 1.82) is 0 Å². The van der Waals surface area contributed by atoms with Gasteiger partial charge in [-0.15, -0.1) is 0 Å². The van der Waals surface area contributed by atoms with E-state index in [-0.39, 0.29) is 12.3 Å². The molecule has 0 saturated carbocycles. The van der Waals surface area contributed by atoms with Crippen LogP contribution in [-0.2, 0) is 16.0 Å². The highest BCUT2D eigenvalue weighted by atomic mass is 16.3. The Morgan fingerprint density at radius 3 is 2.81 bits per heavy atom. The van der Waals surface area contributed by atoms with Gasteiger partial charge in [-0.1, -0.05) is 0 Å². The summed E-state index contributed by atoms with van der Waals surface area (Å²) >= 11 is 0. The van der Waals surface area contributed by atoms with Crippen LogP contribution in [0.2, 0.25) is 0 Å². The summed E-state index contributed by atoms with van der Waals surface area (Å²) in [5, 5.41) is 16.8. The number of urea groups is 1. The molecule has 0 aliphatic carbocycles. The summed E-state index contributed by atoms with van der Waals surface area (Å²) in [6, 6.07) is 1.75. The minimum absolute atomic E-state index is 0.110. The summed E-state index contributed by atoms with van der Waals surface area (Å²) in [4.78, 5) is 33.9. The summed E-state index contributed by atoms with van der Waals surface area (Å²) in [5.74, 6) is -1.11. The highest BCUT2D eigenvalue weighted by Gasteiger charge is 2.29. The van der Waals surface area contributed by atoms with Gasteiger partial charge in [0.05, 0.1) is 6.54 Å². The average molecular weight is 292 g/mol. The van der Waals surface area contributed by atoms with Gasteiger partial charge in [-0.3, -0.25) is 14.9 Å². The number of hydrogen-bond donors (Lipinski definition) is 5. The maximum atomic E-state index is 12.0. The molecule has 21 heavy (non-hydrogen) atoms. The summed E-state index contributed by atoms with van der Waals surface area (Å²) in [7, 11) is 0. The van der Waals surface area contributed by atoms with Crippen LogP contribution in [-0.4, -0.2) is 35.5 Å². The second kappa shape index (κ2) is 5.70. The Kier molecular flexibility index (Phi) is 3.97. The molecule has 0 fully saturated rings. The molecule has 0 radical (unpaired) electrons. The van der Waals surface area contributed by atoms with Gasteiger partial charge >= 0.3 is 6.03 Å². The fourth-order valence-corrected chi connectivity index (χ4v) is 2.21. The number of rotatable bonds is 3. The number of phenols is 1. The Bertz CT molecular complexity index is 614. The molecular weight excluding hydrogens is 276 g/mol. The van der Waals surface area contributed by atoms with Gasteiger partial charge in [0.2, 0.25) is 5.91 Å². The zero-order valence-corrected chi connectivity index (χ0v) is 11.4. The number of primary amides is 1. The Hall–Kier alpha value is -2.77. The van der Waals surface area contributed by atoms with Crippen molar-refractivity contribution in [2.24, 2.45) is 5.73 Å². The third kappa shape index (κ3) is 3.41. The third-order valence-corrected chi connectivity index (χ3v) is 3.17. The largest absolute Gasteiger partial charge is 0.508 e. The van der Waals surface area contributed by atoms with Gasteiger partial charge in [0.1, 0.15) is 11.8 Å². The third-order valence-electron chi connectivity index (χ3n) is 3.17. The fraction of sp³-hybridized carbons (Fsp3) is 0.308. The average Bonchev–Trinajstić information content (AvgIpc) is 2.80. The second-order valence-corrected chi connectivity index (χ2v) is 4.83. The number of imide groups is 1. The van der Waals surface area contributed by atoms with Gasteiger partial charge in [0, 0.05) is 18.2 Å². The van der Waals surface area contributed by atoms with E-state index in [9.17, 15) is 19.5 Å². The summed E-state index contributed by atoms with van der Waals surface area (Å²) in [5.41, 5.74) is 7.34. The van der Waals surface area contributed by atoms with E-state index >= 15 is 0 Å². The van der Waals surface area contributed by atoms with E-state index < -0.39 is 23.9 Å². The fourth-order valence-electron chi connectivity index (χ4n) is 2.21. The van der Waals surface area contributed by atoms with Gasteiger partial charge < -0.3 is 21.5 Å². The van der Waals surface area contributed by atoms with E-state index in [4.69, 9.17) is 5.73 Å². The molecule has 112 valence electrons. The summed E-state index contributed by atoms with van der Waals surface area (Å²) in [6.07, 6.45) is 0.413. The van der Waals surface area contributed by atoms with E-state index in [2.05, 4.69) is 16.0 Å². The summed E-state index contributed by atoms with van der Waals surface area (Å²) < 4.78 is 0. The van der Waals surface area contributed by atoms with Crippen LogP contribution in [0.5, 0.6) is 5.75 Å². The molecule has 1 aliphatic heterocycles. The number of nitrogens with two attached hydrogens (primary N) is 1. The Morgan fingerprint density at radius 2 is 2.14 bits per heavy atom. The number of benzene rings is 1. The van der Waals surface area contributed by atoms with Crippen molar-refractivity contribution >= 4 is 23.5 Å². The van der Waals surface area contributed by atoms with Gasteiger partial charge in [0.25, 0.3) is 5.91 Å². The van der Waals surface area contributed by atoms with Crippen molar-refractivity contribution in [3.8, 4) is 5.75 Å². The van der Waals surface area contributed by atoms with Gasteiger partial charge in [-0.05, 0) is 24.1 Å². The molecule has 0 bridgehead atoms. The first-order valence-electron chi connectivity index (χ1n) is 6.33. The maximum absolute atomic E-state index is 12.0. The minimum Gasteiger partial charge on any atom is -0.508 e. The maximum Gasteiger partial charge on any atom is 0.321 e. The zero-order chi connectivity index (χ0) is 15.6. The molecule has 4 amide bonds. The molecule has 1 aromatic carbocycles. The number of aryl methyl sites for hydroxylation is 1. The smallest absolute Gasteiger partial charge is 0.321 e. The van der Waals surface area contributed by atoms with E-state index in [0.717, 1.165) is 11.1 Å². The van der Waals surface area contributed by atoms with Crippen LogP contribution in [0.3, 0.4) is 0 Å². The van der Waals surface area contributed by atoms with Gasteiger partial charge in [-0.25, -0.2) is 4.79 Å². The normalized spacial score (nSPS) is 15.8.